The molecule has 238 valence electrons. The van der Waals surface area contributed by atoms with Crippen LogP contribution in [0.3, 0.4) is 0 Å². The first-order valence-corrected chi connectivity index (χ1v) is 16.3. The highest BCUT2D eigenvalue weighted by molar-refractivity contribution is 6.00. The van der Waals surface area contributed by atoms with Gasteiger partial charge >= 0.3 is 6.09 Å². The van der Waals surface area contributed by atoms with Gasteiger partial charge in [-0.2, -0.15) is 5.10 Å². The van der Waals surface area contributed by atoms with Gasteiger partial charge in [-0.1, -0.05) is 5.16 Å². The molecule has 1 amide bonds. The molecule has 3 aliphatic rings. The van der Waals surface area contributed by atoms with Crippen LogP contribution in [0.4, 0.5) is 10.6 Å². The first-order chi connectivity index (χ1) is 21.9. The number of amides is 1. The molecule has 3 fully saturated rings. The lowest BCUT2D eigenvalue weighted by atomic mass is 9.85. The van der Waals surface area contributed by atoms with Crippen LogP contribution in [0.15, 0.2) is 23.2 Å². The van der Waals surface area contributed by atoms with E-state index in [4.69, 9.17) is 30.1 Å². The van der Waals surface area contributed by atoms with Crippen molar-refractivity contribution in [2.75, 3.05) is 25.4 Å². The molecule has 4 aromatic rings. The lowest BCUT2D eigenvalue weighted by molar-refractivity contribution is 0.0309. The minimum atomic E-state index is -0.211. The van der Waals surface area contributed by atoms with E-state index < -0.39 is 0 Å². The highest BCUT2D eigenvalue weighted by Gasteiger charge is 2.36. The number of nitrogens with zero attached hydrogens (tertiary/aromatic N) is 8. The molecule has 0 spiro atoms. The Labute approximate surface area is 261 Å². The number of nitrogens with two attached hydrogens (primary N) is 1. The molecule has 1 aliphatic heterocycles. The van der Waals surface area contributed by atoms with Gasteiger partial charge in [-0.05, 0) is 89.0 Å². The van der Waals surface area contributed by atoms with Gasteiger partial charge in [-0.3, -0.25) is 0 Å². The number of piperidine rings is 1. The maximum absolute atomic E-state index is 12.9. The largest absolute Gasteiger partial charge is 0.446 e. The number of fused-ring (bicyclic) bond motifs is 1. The molecule has 4 aromatic heterocycles. The molecule has 0 unspecified atom stereocenters. The second kappa shape index (κ2) is 12.3. The van der Waals surface area contributed by atoms with Crippen molar-refractivity contribution in [2.45, 2.75) is 95.6 Å². The first kappa shape index (κ1) is 29.6. The smallest absolute Gasteiger partial charge is 0.410 e. The van der Waals surface area contributed by atoms with Crippen LogP contribution in [0.1, 0.15) is 101 Å². The minimum absolute atomic E-state index is 0.0185. The molecule has 0 radical (unpaired) electrons. The average Bonchev–Trinajstić information content (AvgIpc) is 3.68. The van der Waals surface area contributed by atoms with Gasteiger partial charge in [0.15, 0.2) is 17.2 Å². The molecule has 3 N–H and O–H groups in total. The van der Waals surface area contributed by atoms with E-state index in [0.29, 0.717) is 53.1 Å². The van der Waals surface area contributed by atoms with Crippen LogP contribution in [0.5, 0.6) is 0 Å². The summed E-state index contributed by atoms with van der Waals surface area (Å²) in [5.74, 6) is 2.72. The van der Waals surface area contributed by atoms with E-state index in [1.807, 2.05) is 35.8 Å². The van der Waals surface area contributed by atoms with Crippen LogP contribution >= 0.6 is 0 Å². The molecule has 2 saturated carbocycles. The van der Waals surface area contributed by atoms with Gasteiger partial charge in [0.05, 0.1) is 10.9 Å². The maximum Gasteiger partial charge on any atom is 0.410 e. The molecular weight excluding hydrogens is 574 g/mol. The molecule has 13 nitrogen and oxygen atoms in total. The Kier molecular flexibility index (Phi) is 8.11. The molecule has 5 heterocycles. The van der Waals surface area contributed by atoms with E-state index in [9.17, 15) is 9.90 Å². The normalized spacial score (nSPS) is 21.1. The molecular formula is C32H41N9O4. The number of aliphatic hydroxyl groups is 1. The average molecular weight is 616 g/mol. The Morgan fingerprint density at radius 3 is 2.40 bits per heavy atom. The summed E-state index contributed by atoms with van der Waals surface area (Å²) in [6.45, 7) is 5.59. The number of carbonyl (C=O) groups excluding carboxylic acids is 1. The monoisotopic (exact) mass is 615 g/mol. The molecule has 0 bridgehead atoms. The number of aromatic nitrogens is 7. The number of carbonyl (C=O) groups is 1. The number of hydrogen-bond donors (Lipinski definition) is 2. The van der Waals surface area contributed by atoms with Gasteiger partial charge in [0.2, 0.25) is 0 Å². The number of likely N-dealkylation sites (tertiary alicyclic amines) is 1. The Balaban J connectivity index is 1.06. The molecule has 13 heteroatoms. The van der Waals surface area contributed by atoms with Gasteiger partial charge in [-0.15, -0.1) is 0 Å². The second-order valence-corrected chi connectivity index (χ2v) is 13.0. The summed E-state index contributed by atoms with van der Waals surface area (Å²) in [5.41, 5.74) is 9.88. The van der Waals surface area contributed by atoms with E-state index in [1.165, 1.54) is 6.33 Å². The van der Waals surface area contributed by atoms with Crippen molar-refractivity contribution in [1.29, 1.82) is 0 Å². The minimum Gasteiger partial charge on any atom is -0.446 e. The summed E-state index contributed by atoms with van der Waals surface area (Å²) in [4.78, 5) is 33.0. The predicted molar refractivity (Wildman–Crippen MR) is 166 cm³/mol. The van der Waals surface area contributed by atoms with Crippen molar-refractivity contribution in [2.24, 2.45) is 5.92 Å². The van der Waals surface area contributed by atoms with Crippen molar-refractivity contribution in [3.8, 4) is 22.8 Å². The molecule has 45 heavy (non-hydrogen) atoms. The number of aliphatic hydroxyl groups excluding tert-OH is 1. The van der Waals surface area contributed by atoms with Gasteiger partial charge in [-0.25, -0.2) is 29.4 Å². The summed E-state index contributed by atoms with van der Waals surface area (Å²) in [6, 6.07) is 0.0509. The number of rotatable bonds is 8. The SMILES string of the molecule is CC(C)n1nc(-c2noc(C3CC3)c2-c2ncc(C3CCN(C(=O)OC4CCC(CCO)CC4)CC3)cn2)c2c(N)ncnc21. The van der Waals surface area contributed by atoms with Crippen LogP contribution in [-0.2, 0) is 4.74 Å². The van der Waals surface area contributed by atoms with Crippen molar-refractivity contribution in [3.63, 3.8) is 0 Å². The highest BCUT2D eigenvalue weighted by Crippen LogP contribution is 2.48. The predicted octanol–water partition coefficient (Wildman–Crippen LogP) is 5.24. The van der Waals surface area contributed by atoms with Crippen LogP contribution < -0.4 is 5.73 Å². The maximum atomic E-state index is 12.9. The topological polar surface area (TPSA) is 171 Å². The van der Waals surface area contributed by atoms with E-state index >= 15 is 0 Å². The van der Waals surface area contributed by atoms with Crippen molar-refractivity contribution >= 4 is 22.9 Å². The van der Waals surface area contributed by atoms with E-state index in [1.54, 1.807) is 0 Å². The van der Waals surface area contributed by atoms with Gasteiger partial charge in [0.1, 0.15) is 29.6 Å². The number of ether oxygens (including phenoxy) is 1. The zero-order valence-electron chi connectivity index (χ0n) is 25.9. The lowest BCUT2D eigenvalue weighted by Crippen LogP contribution is -2.40. The Bertz CT molecular complexity index is 1650. The number of nitrogen functional groups attached to an aromatic ring is 1. The summed E-state index contributed by atoms with van der Waals surface area (Å²) in [7, 11) is 0. The fraction of sp³-hybridized carbons (Fsp3) is 0.594. The van der Waals surface area contributed by atoms with Crippen molar-refractivity contribution < 1.29 is 19.2 Å². The Hall–Kier alpha value is -4.13. The third-order valence-electron chi connectivity index (χ3n) is 9.62. The summed E-state index contributed by atoms with van der Waals surface area (Å²) in [5, 5.41) is 19.2. The fourth-order valence-electron chi connectivity index (χ4n) is 6.84. The van der Waals surface area contributed by atoms with Gasteiger partial charge in [0.25, 0.3) is 0 Å². The quantitative estimate of drug-likeness (QED) is 0.266. The molecule has 0 aromatic carbocycles. The van der Waals surface area contributed by atoms with Crippen molar-refractivity contribution in [1.82, 2.24) is 39.8 Å². The van der Waals surface area contributed by atoms with Crippen LogP contribution in [0.25, 0.3) is 33.8 Å². The number of hydrogen-bond acceptors (Lipinski definition) is 11. The van der Waals surface area contributed by atoms with E-state index in [2.05, 4.69) is 15.1 Å². The fourth-order valence-corrected chi connectivity index (χ4v) is 6.84. The van der Waals surface area contributed by atoms with Crippen LogP contribution in [0, 0.1) is 5.92 Å². The highest BCUT2D eigenvalue weighted by atomic mass is 16.6. The second-order valence-electron chi connectivity index (χ2n) is 13.0. The molecule has 0 atom stereocenters. The Morgan fingerprint density at radius 2 is 1.73 bits per heavy atom. The Morgan fingerprint density at radius 1 is 1.00 bits per heavy atom. The van der Waals surface area contributed by atoms with E-state index in [0.717, 1.165) is 74.7 Å². The molecule has 2 aliphatic carbocycles. The first-order valence-electron chi connectivity index (χ1n) is 16.3. The zero-order valence-corrected chi connectivity index (χ0v) is 25.9. The summed E-state index contributed by atoms with van der Waals surface area (Å²) >= 11 is 0. The van der Waals surface area contributed by atoms with Crippen LogP contribution in [-0.4, -0.2) is 76.8 Å². The standard InChI is InChI=1S/C32H41N9O4/c1-18(2)41-31-25(29(33)36-17-37-31)26(38-41)27-24(28(45-39-27)21-5-6-21)30-34-15-22(16-35-30)20-9-12-40(13-10-20)32(43)44-23-7-3-19(4-8-23)11-14-42/h15-21,23,42H,3-14H2,1-2H3,(H2,33,36,37). The lowest BCUT2D eigenvalue weighted by Gasteiger charge is -2.34. The molecule has 7 rings (SSSR count). The van der Waals surface area contributed by atoms with Gasteiger partial charge in [0, 0.05) is 44.0 Å². The van der Waals surface area contributed by atoms with Gasteiger partial charge < -0.3 is 25.0 Å². The molecule has 1 saturated heterocycles. The summed E-state index contributed by atoms with van der Waals surface area (Å²) < 4.78 is 13.6. The summed E-state index contributed by atoms with van der Waals surface area (Å²) in [6.07, 6.45) is 13.3. The van der Waals surface area contributed by atoms with Crippen LogP contribution in [0.2, 0.25) is 0 Å². The third-order valence-corrected chi connectivity index (χ3v) is 9.62. The third kappa shape index (κ3) is 5.85. The number of anilines is 1. The van der Waals surface area contributed by atoms with E-state index in [-0.39, 0.29) is 36.7 Å². The van der Waals surface area contributed by atoms with Crippen molar-refractivity contribution in [3.05, 3.63) is 30.0 Å². The zero-order chi connectivity index (χ0) is 31.1.